The summed E-state index contributed by atoms with van der Waals surface area (Å²) in [6.07, 6.45) is 0.662. The van der Waals surface area contributed by atoms with Crippen LogP contribution in [0.2, 0.25) is 0 Å². The van der Waals surface area contributed by atoms with Gasteiger partial charge in [0, 0.05) is 5.57 Å². The van der Waals surface area contributed by atoms with Crippen LogP contribution in [-0.4, -0.2) is 12.6 Å². The molecule has 13 heavy (non-hydrogen) atoms. The fraction of sp³-hybridized carbons (Fsp3) is 0.727. The van der Waals surface area contributed by atoms with E-state index in [1.165, 1.54) is 0 Å². The zero-order chi connectivity index (χ0) is 10.4. The van der Waals surface area contributed by atoms with E-state index < -0.39 is 0 Å². The van der Waals surface area contributed by atoms with Crippen molar-refractivity contribution in [3.8, 4) is 0 Å². The molecule has 2 heteroatoms. The van der Waals surface area contributed by atoms with E-state index in [0.29, 0.717) is 30.4 Å². The molecule has 1 unspecified atom stereocenters. The van der Waals surface area contributed by atoms with E-state index in [2.05, 4.69) is 27.4 Å². The molecule has 0 N–H and O–H groups in total. The summed E-state index contributed by atoms with van der Waals surface area (Å²) >= 11 is 0. The van der Waals surface area contributed by atoms with Crippen LogP contribution >= 0.6 is 0 Å². The standard InChI is InChI=1S/C11H20O2/c1-6-9(4)11(12)13-7-10(5)8(2)3/h8,10H,4,6-7H2,1-3,5H3. The van der Waals surface area contributed by atoms with Crippen molar-refractivity contribution in [3.63, 3.8) is 0 Å². The van der Waals surface area contributed by atoms with Gasteiger partial charge in [0.05, 0.1) is 6.61 Å². The van der Waals surface area contributed by atoms with Crippen molar-refractivity contribution in [2.45, 2.75) is 34.1 Å². The maximum atomic E-state index is 11.2. The molecule has 0 radical (unpaired) electrons. The summed E-state index contributed by atoms with van der Waals surface area (Å²) < 4.78 is 5.08. The van der Waals surface area contributed by atoms with E-state index in [1.807, 2.05) is 6.92 Å². The predicted octanol–water partition coefficient (Wildman–Crippen LogP) is 2.79. The molecule has 1 atom stereocenters. The number of carbonyl (C=O) groups is 1. The first-order valence-electron chi connectivity index (χ1n) is 4.83. The Morgan fingerprint density at radius 1 is 1.38 bits per heavy atom. The number of esters is 1. The second kappa shape index (κ2) is 5.79. The Bertz CT molecular complexity index is 183. The number of ether oxygens (including phenoxy) is 1. The number of hydrogen-bond acceptors (Lipinski definition) is 2. The molecule has 0 aromatic carbocycles. The molecule has 0 aromatic rings. The summed E-state index contributed by atoms with van der Waals surface area (Å²) in [5, 5.41) is 0. The molecule has 0 fully saturated rings. The molecule has 0 rings (SSSR count). The van der Waals surface area contributed by atoms with E-state index in [9.17, 15) is 4.79 Å². The lowest BCUT2D eigenvalue weighted by molar-refractivity contribution is -0.140. The summed E-state index contributed by atoms with van der Waals surface area (Å²) in [5.74, 6) is 0.700. The van der Waals surface area contributed by atoms with Gasteiger partial charge in [-0.3, -0.25) is 0 Å². The van der Waals surface area contributed by atoms with E-state index >= 15 is 0 Å². The molecule has 0 aromatic heterocycles. The van der Waals surface area contributed by atoms with Crippen molar-refractivity contribution in [2.24, 2.45) is 11.8 Å². The van der Waals surface area contributed by atoms with Crippen LogP contribution in [-0.2, 0) is 9.53 Å². The van der Waals surface area contributed by atoms with Crippen LogP contribution in [0, 0.1) is 11.8 Å². The third-order valence-corrected chi connectivity index (χ3v) is 2.33. The molecule has 0 saturated heterocycles. The third-order valence-electron chi connectivity index (χ3n) is 2.33. The quantitative estimate of drug-likeness (QED) is 0.485. The second-order valence-electron chi connectivity index (χ2n) is 3.78. The Morgan fingerprint density at radius 3 is 2.31 bits per heavy atom. The lowest BCUT2D eigenvalue weighted by Crippen LogP contribution is -2.16. The largest absolute Gasteiger partial charge is 0.462 e. The van der Waals surface area contributed by atoms with Gasteiger partial charge in [0.2, 0.25) is 0 Å². The van der Waals surface area contributed by atoms with E-state index in [4.69, 9.17) is 4.74 Å². The minimum absolute atomic E-state index is 0.255. The van der Waals surface area contributed by atoms with E-state index in [0.717, 1.165) is 0 Å². The first kappa shape index (κ1) is 12.2. The Balaban J connectivity index is 3.76. The Morgan fingerprint density at radius 2 is 1.92 bits per heavy atom. The van der Waals surface area contributed by atoms with E-state index in [1.54, 1.807) is 0 Å². The number of carbonyl (C=O) groups excluding carboxylic acids is 1. The smallest absolute Gasteiger partial charge is 0.333 e. The topological polar surface area (TPSA) is 26.3 Å². The van der Waals surface area contributed by atoms with Crippen LogP contribution in [0.3, 0.4) is 0 Å². The Kier molecular flexibility index (Phi) is 5.44. The molecule has 76 valence electrons. The average Bonchev–Trinajstić information content (AvgIpc) is 2.11. The second-order valence-corrected chi connectivity index (χ2v) is 3.78. The molecule has 0 amide bonds. The SMILES string of the molecule is C=C(CC)C(=O)OCC(C)C(C)C. The van der Waals surface area contributed by atoms with Crippen molar-refractivity contribution in [1.82, 2.24) is 0 Å². The van der Waals surface area contributed by atoms with Gasteiger partial charge in [0.15, 0.2) is 0 Å². The van der Waals surface area contributed by atoms with Gasteiger partial charge in [-0.15, -0.1) is 0 Å². The number of hydrogen-bond donors (Lipinski definition) is 0. The first-order valence-corrected chi connectivity index (χ1v) is 4.83. The molecule has 0 heterocycles. The van der Waals surface area contributed by atoms with Crippen LogP contribution in [0.15, 0.2) is 12.2 Å². The van der Waals surface area contributed by atoms with Crippen molar-refractivity contribution in [1.29, 1.82) is 0 Å². The third kappa shape index (κ3) is 4.71. The summed E-state index contributed by atoms with van der Waals surface area (Å²) in [6.45, 7) is 12.3. The van der Waals surface area contributed by atoms with Gasteiger partial charge >= 0.3 is 5.97 Å². The van der Waals surface area contributed by atoms with Crippen molar-refractivity contribution >= 4 is 5.97 Å². The highest BCUT2D eigenvalue weighted by Gasteiger charge is 2.11. The van der Waals surface area contributed by atoms with E-state index in [-0.39, 0.29) is 5.97 Å². The minimum atomic E-state index is -0.255. The van der Waals surface area contributed by atoms with Gasteiger partial charge in [-0.05, 0) is 18.3 Å². The summed E-state index contributed by atoms with van der Waals surface area (Å²) in [4.78, 5) is 11.2. The highest BCUT2D eigenvalue weighted by atomic mass is 16.5. The molecule has 0 spiro atoms. The lowest BCUT2D eigenvalue weighted by atomic mass is 9.99. The van der Waals surface area contributed by atoms with Gasteiger partial charge in [-0.1, -0.05) is 34.3 Å². The molecular formula is C11H20O2. The molecule has 0 saturated carbocycles. The highest BCUT2D eigenvalue weighted by molar-refractivity contribution is 5.87. The van der Waals surface area contributed by atoms with Crippen LogP contribution in [0.25, 0.3) is 0 Å². The molecule has 0 aliphatic carbocycles. The van der Waals surface area contributed by atoms with Gasteiger partial charge in [0.1, 0.15) is 0 Å². The summed E-state index contributed by atoms with van der Waals surface area (Å²) in [7, 11) is 0. The molecule has 0 aliphatic heterocycles. The van der Waals surface area contributed by atoms with Crippen LogP contribution < -0.4 is 0 Å². The lowest BCUT2D eigenvalue weighted by Gasteiger charge is -2.15. The van der Waals surface area contributed by atoms with Gasteiger partial charge in [-0.25, -0.2) is 4.79 Å². The number of rotatable bonds is 5. The Labute approximate surface area is 81.0 Å². The van der Waals surface area contributed by atoms with Crippen molar-refractivity contribution in [3.05, 3.63) is 12.2 Å². The maximum Gasteiger partial charge on any atom is 0.333 e. The zero-order valence-electron chi connectivity index (χ0n) is 9.09. The van der Waals surface area contributed by atoms with Crippen molar-refractivity contribution in [2.75, 3.05) is 6.61 Å². The summed E-state index contributed by atoms with van der Waals surface area (Å²) in [6, 6.07) is 0. The zero-order valence-corrected chi connectivity index (χ0v) is 9.09. The Hall–Kier alpha value is -0.790. The molecule has 2 nitrogen and oxygen atoms in total. The van der Waals surface area contributed by atoms with Gasteiger partial charge < -0.3 is 4.74 Å². The van der Waals surface area contributed by atoms with Crippen LogP contribution in [0.5, 0.6) is 0 Å². The van der Waals surface area contributed by atoms with Crippen molar-refractivity contribution < 1.29 is 9.53 Å². The van der Waals surface area contributed by atoms with Gasteiger partial charge in [-0.2, -0.15) is 0 Å². The average molecular weight is 184 g/mol. The highest BCUT2D eigenvalue weighted by Crippen LogP contribution is 2.10. The summed E-state index contributed by atoms with van der Waals surface area (Å²) in [5.41, 5.74) is 0.552. The van der Waals surface area contributed by atoms with Gasteiger partial charge in [0.25, 0.3) is 0 Å². The fourth-order valence-corrected chi connectivity index (χ4v) is 0.646. The molecule has 0 bridgehead atoms. The predicted molar refractivity (Wildman–Crippen MR) is 54.4 cm³/mol. The maximum absolute atomic E-state index is 11.2. The fourth-order valence-electron chi connectivity index (χ4n) is 0.646. The minimum Gasteiger partial charge on any atom is -0.462 e. The normalized spacial score (nSPS) is 12.7. The monoisotopic (exact) mass is 184 g/mol. The molecular weight excluding hydrogens is 164 g/mol. The first-order chi connectivity index (χ1) is 5.99. The van der Waals surface area contributed by atoms with Crippen LogP contribution in [0.1, 0.15) is 34.1 Å². The molecule has 0 aliphatic rings. The van der Waals surface area contributed by atoms with Crippen LogP contribution in [0.4, 0.5) is 0 Å².